The van der Waals surface area contributed by atoms with Gasteiger partial charge in [-0.15, -0.1) is 10.2 Å². The third-order valence-electron chi connectivity index (χ3n) is 4.23. The summed E-state index contributed by atoms with van der Waals surface area (Å²) in [7, 11) is 3.26. The third kappa shape index (κ3) is 3.21. The maximum absolute atomic E-state index is 12.3. The number of fused-ring (bicyclic) bond motifs is 1. The lowest BCUT2D eigenvalue weighted by molar-refractivity contribution is 0.208. The Hall–Kier alpha value is -4.00. The highest BCUT2D eigenvalue weighted by atomic mass is 16.5. The fourth-order valence-electron chi connectivity index (χ4n) is 2.55. The van der Waals surface area contributed by atoms with Crippen molar-refractivity contribution in [3.05, 3.63) is 62.8 Å². The molecule has 10 heteroatoms. The smallest absolute Gasteiger partial charge is 0.329 e. The third-order valence-corrected chi connectivity index (χ3v) is 4.23. The van der Waals surface area contributed by atoms with Crippen molar-refractivity contribution in [2.75, 3.05) is 0 Å². The second kappa shape index (κ2) is 6.96. The summed E-state index contributed by atoms with van der Waals surface area (Å²) >= 11 is 0. The van der Waals surface area contributed by atoms with Crippen LogP contribution >= 0.6 is 0 Å². The molecular formula is C18H15N7O3. The summed E-state index contributed by atoms with van der Waals surface area (Å²) in [6.07, 6.45) is 7.29. The maximum atomic E-state index is 12.3. The van der Waals surface area contributed by atoms with E-state index in [0.29, 0.717) is 24.4 Å². The number of hydrogen-bond acceptors (Lipinski definition) is 7. The molecule has 1 aliphatic carbocycles. The summed E-state index contributed by atoms with van der Waals surface area (Å²) in [5.41, 5.74) is 0.595. The van der Waals surface area contributed by atoms with Crippen LogP contribution in [0.1, 0.15) is 17.9 Å². The molecule has 140 valence electrons. The normalized spacial score (nSPS) is 13.4. The predicted molar refractivity (Wildman–Crippen MR) is 99.6 cm³/mol. The first-order valence-electron chi connectivity index (χ1n) is 8.35. The summed E-state index contributed by atoms with van der Waals surface area (Å²) < 4.78 is 8.53. The highest BCUT2D eigenvalue weighted by Gasteiger charge is 2.13. The number of imidazole rings is 1. The Labute approximate surface area is 158 Å². The van der Waals surface area contributed by atoms with Crippen molar-refractivity contribution >= 4 is 16.7 Å². The van der Waals surface area contributed by atoms with Crippen LogP contribution in [0.4, 0.5) is 0 Å². The number of H-pyrrole nitrogens is 1. The van der Waals surface area contributed by atoms with Crippen LogP contribution < -0.4 is 11.2 Å². The molecule has 0 saturated carbocycles. The van der Waals surface area contributed by atoms with Crippen LogP contribution in [0, 0.1) is 11.8 Å². The summed E-state index contributed by atoms with van der Waals surface area (Å²) in [6.45, 7) is 0.345. The van der Waals surface area contributed by atoms with Gasteiger partial charge in [-0.25, -0.2) is 14.8 Å². The molecular weight excluding hydrogens is 362 g/mol. The molecule has 28 heavy (non-hydrogen) atoms. The van der Waals surface area contributed by atoms with Crippen LogP contribution in [-0.4, -0.2) is 34.3 Å². The SMILES string of the molecule is Cn1cncc1COC1=CC=C(c2nnc3[nH]c(=O)n(C)c(=O)c3n2)CC#C1. The molecule has 4 rings (SSSR count). The quantitative estimate of drug-likeness (QED) is 0.637. The molecule has 10 nitrogen and oxygen atoms in total. The van der Waals surface area contributed by atoms with E-state index in [1.807, 2.05) is 11.6 Å². The van der Waals surface area contributed by atoms with E-state index in [0.717, 1.165) is 10.3 Å². The van der Waals surface area contributed by atoms with E-state index >= 15 is 0 Å². The zero-order chi connectivity index (χ0) is 19.7. The Balaban J connectivity index is 1.63. The highest BCUT2D eigenvalue weighted by molar-refractivity contribution is 5.72. The van der Waals surface area contributed by atoms with Gasteiger partial charge in [-0.1, -0.05) is 5.92 Å². The van der Waals surface area contributed by atoms with Gasteiger partial charge in [0.1, 0.15) is 6.61 Å². The number of hydrogen-bond donors (Lipinski definition) is 1. The Morgan fingerprint density at radius 1 is 1.25 bits per heavy atom. The average Bonchev–Trinajstić information content (AvgIpc) is 2.96. The minimum absolute atomic E-state index is 0.0434. The maximum Gasteiger partial charge on any atom is 0.329 e. The summed E-state index contributed by atoms with van der Waals surface area (Å²) in [5.74, 6) is 6.72. The van der Waals surface area contributed by atoms with E-state index in [9.17, 15) is 9.59 Å². The summed E-state index contributed by atoms with van der Waals surface area (Å²) in [5, 5.41) is 7.93. The van der Waals surface area contributed by atoms with Crippen LogP contribution in [0.3, 0.4) is 0 Å². The Kier molecular flexibility index (Phi) is 4.33. The standard InChI is InChI=1S/C18H15N7O3/c1-24-10-19-8-12(24)9-28-13-5-3-4-11(6-7-13)15-20-14-16(23-22-15)21-18(27)25(2)17(14)26/h6-8,10H,4,9H2,1-2H3,(H,21,23,27). The zero-order valence-corrected chi connectivity index (χ0v) is 15.1. The Morgan fingerprint density at radius 2 is 2.11 bits per heavy atom. The van der Waals surface area contributed by atoms with Gasteiger partial charge in [-0.05, 0) is 18.1 Å². The molecule has 1 N–H and O–H groups in total. The first-order valence-corrected chi connectivity index (χ1v) is 8.35. The topological polar surface area (TPSA) is 121 Å². The van der Waals surface area contributed by atoms with Crippen molar-refractivity contribution in [1.29, 1.82) is 0 Å². The number of nitrogens with zero attached hydrogens (tertiary/aromatic N) is 6. The molecule has 0 spiro atoms. The number of nitrogens with one attached hydrogen (secondary N) is 1. The number of rotatable bonds is 4. The zero-order valence-electron chi connectivity index (χ0n) is 15.1. The van der Waals surface area contributed by atoms with Gasteiger partial charge >= 0.3 is 5.69 Å². The fourth-order valence-corrected chi connectivity index (χ4v) is 2.55. The molecule has 1 aliphatic rings. The van der Waals surface area contributed by atoms with Gasteiger partial charge in [-0.2, -0.15) is 0 Å². The molecule has 0 atom stereocenters. The molecule has 0 bridgehead atoms. The second-order valence-corrected chi connectivity index (χ2v) is 6.11. The Morgan fingerprint density at radius 3 is 2.89 bits per heavy atom. The van der Waals surface area contributed by atoms with E-state index < -0.39 is 11.2 Å². The molecule has 0 fully saturated rings. The van der Waals surface area contributed by atoms with Crippen molar-refractivity contribution < 1.29 is 4.74 Å². The van der Waals surface area contributed by atoms with E-state index in [2.05, 4.69) is 37.0 Å². The first-order chi connectivity index (χ1) is 13.5. The van der Waals surface area contributed by atoms with Crippen molar-refractivity contribution in [2.45, 2.75) is 13.0 Å². The fraction of sp³-hybridized carbons (Fsp3) is 0.222. The molecule has 3 heterocycles. The summed E-state index contributed by atoms with van der Waals surface area (Å²) in [6, 6.07) is 0. The molecule has 0 aliphatic heterocycles. The largest absolute Gasteiger partial charge is 0.479 e. The van der Waals surface area contributed by atoms with Gasteiger partial charge in [0.2, 0.25) is 0 Å². The second-order valence-electron chi connectivity index (χ2n) is 6.11. The van der Waals surface area contributed by atoms with Crippen molar-refractivity contribution in [2.24, 2.45) is 14.1 Å². The molecule has 3 aromatic rings. The molecule has 0 saturated heterocycles. The van der Waals surface area contributed by atoms with Crippen molar-refractivity contribution in [3.8, 4) is 11.8 Å². The lowest BCUT2D eigenvalue weighted by atomic mass is 10.2. The van der Waals surface area contributed by atoms with E-state index in [1.165, 1.54) is 7.05 Å². The van der Waals surface area contributed by atoms with Crippen LogP contribution in [0.5, 0.6) is 0 Å². The number of ether oxygens (including phenoxy) is 1. The first kappa shape index (κ1) is 17.4. The highest BCUT2D eigenvalue weighted by Crippen LogP contribution is 2.17. The number of aryl methyl sites for hydroxylation is 1. The molecule has 3 aromatic heterocycles. The van der Waals surface area contributed by atoms with Crippen LogP contribution in [0.15, 0.2) is 40.0 Å². The average molecular weight is 377 g/mol. The number of aromatic nitrogens is 7. The van der Waals surface area contributed by atoms with E-state index in [-0.39, 0.29) is 17.0 Å². The monoisotopic (exact) mass is 377 g/mol. The Bertz CT molecular complexity index is 1310. The van der Waals surface area contributed by atoms with Gasteiger partial charge in [-0.3, -0.25) is 14.3 Å². The van der Waals surface area contributed by atoms with Gasteiger partial charge in [0.25, 0.3) is 5.56 Å². The molecule has 0 radical (unpaired) electrons. The summed E-state index contributed by atoms with van der Waals surface area (Å²) in [4.78, 5) is 34.7. The minimum atomic E-state index is -0.570. The lowest BCUT2D eigenvalue weighted by Gasteiger charge is -2.05. The minimum Gasteiger partial charge on any atom is -0.479 e. The van der Waals surface area contributed by atoms with Gasteiger partial charge in [0.15, 0.2) is 22.7 Å². The van der Waals surface area contributed by atoms with Crippen LogP contribution in [-0.2, 0) is 25.4 Å². The van der Waals surface area contributed by atoms with Gasteiger partial charge in [0.05, 0.1) is 18.2 Å². The lowest BCUT2D eigenvalue weighted by Crippen LogP contribution is -2.33. The van der Waals surface area contributed by atoms with E-state index in [4.69, 9.17) is 4.74 Å². The number of aromatic amines is 1. The molecule has 0 amide bonds. The molecule has 0 aromatic carbocycles. The van der Waals surface area contributed by atoms with Gasteiger partial charge in [0, 0.05) is 26.1 Å². The van der Waals surface area contributed by atoms with Crippen LogP contribution in [0.25, 0.3) is 16.7 Å². The van der Waals surface area contributed by atoms with E-state index in [1.54, 1.807) is 24.7 Å². The number of allylic oxidation sites excluding steroid dienone is 4. The van der Waals surface area contributed by atoms with Crippen molar-refractivity contribution in [1.82, 2.24) is 34.3 Å². The van der Waals surface area contributed by atoms with Crippen molar-refractivity contribution in [3.63, 3.8) is 0 Å². The van der Waals surface area contributed by atoms with Crippen LogP contribution in [0.2, 0.25) is 0 Å². The molecule has 0 unspecified atom stereocenters. The predicted octanol–water partition coefficient (Wildman–Crippen LogP) is 0.0365. The van der Waals surface area contributed by atoms with Gasteiger partial charge < -0.3 is 9.30 Å².